The van der Waals surface area contributed by atoms with Crippen molar-refractivity contribution in [2.75, 3.05) is 6.61 Å². The molecule has 6 heteroatoms. The third-order valence-corrected chi connectivity index (χ3v) is 1.82. The molecule has 0 bridgehead atoms. The summed E-state index contributed by atoms with van der Waals surface area (Å²) >= 11 is 0. The molecule has 0 aliphatic rings. The highest BCUT2D eigenvalue weighted by Crippen LogP contribution is 2.30. The number of nitrogens with zero attached hydrogens (tertiary/aromatic N) is 2. The quantitative estimate of drug-likeness (QED) is 0.821. The van der Waals surface area contributed by atoms with Gasteiger partial charge in [0.25, 0.3) is 0 Å². The molecule has 0 fully saturated rings. The summed E-state index contributed by atoms with van der Waals surface area (Å²) in [5.41, 5.74) is -1.06. The van der Waals surface area contributed by atoms with Gasteiger partial charge in [0, 0.05) is 0 Å². The molecule has 0 aliphatic carbocycles. The SMILES string of the molecule is CC(C)COc1nc(C(F)(F)F)ccc1C#N. The highest BCUT2D eigenvalue weighted by atomic mass is 19.4. The Morgan fingerprint density at radius 3 is 2.53 bits per heavy atom. The Kier molecular flexibility index (Phi) is 3.94. The highest BCUT2D eigenvalue weighted by molar-refractivity contribution is 5.39. The van der Waals surface area contributed by atoms with E-state index in [1.807, 2.05) is 13.8 Å². The van der Waals surface area contributed by atoms with Crippen molar-refractivity contribution in [3.05, 3.63) is 23.4 Å². The Labute approximate surface area is 96.8 Å². The Morgan fingerprint density at radius 1 is 1.41 bits per heavy atom. The molecule has 0 saturated heterocycles. The van der Waals surface area contributed by atoms with E-state index in [-0.39, 0.29) is 24.0 Å². The number of hydrogen-bond donors (Lipinski definition) is 0. The van der Waals surface area contributed by atoms with E-state index in [2.05, 4.69) is 4.98 Å². The normalized spacial score (nSPS) is 11.4. The first-order valence-electron chi connectivity index (χ1n) is 4.95. The molecule has 0 unspecified atom stereocenters. The van der Waals surface area contributed by atoms with Crippen LogP contribution < -0.4 is 4.74 Å². The fourth-order valence-corrected chi connectivity index (χ4v) is 1.04. The van der Waals surface area contributed by atoms with E-state index < -0.39 is 11.9 Å². The van der Waals surface area contributed by atoms with Gasteiger partial charge in [-0.1, -0.05) is 13.8 Å². The molecular weight excluding hydrogens is 233 g/mol. The van der Waals surface area contributed by atoms with Gasteiger partial charge in [0.15, 0.2) is 0 Å². The molecule has 0 aromatic carbocycles. The lowest BCUT2D eigenvalue weighted by Crippen LogP contribution is -2.12. The lowest BCUT2D eigenvalue weighted by Gasteiger charge is -2.11. The second-order valence-electron chi connectivity index (χ2n) is 3.86. The standard InChI is InChI=1S/C11H11F3N2O/c1-7(2)6-17-10-8(5-15)3-4-9(16-10)11(12,13)14/h3-4,7H,6H2,1-2H3. The lowest BCUT2D eigenvalue weighted by molar-refractivity contribution is -0.141. The zero-order chi connectivity index (χ0) is 13.1. The number of ether oxygens (including phenoxy) is 1. The van der Waals surface area contributed by atoms with Crippen molar-refractivity contribution in [3.63, 3.8) is 0 Å². The van der Waals surface area contributed by atoms with Gasteiger partial charge in [0.2, 0.25) is 5.88 Å². The maximum atomic E-state index is 12.4. The van der Waals surface area contributed by atoms with Gasteiger partial charge in [-0.25, -0.2) is 4.98 Å². The minimum atomic E-state index is -4.54. The maximum Gasteiger partial charge on any atom is 0.433 e. The van der Waals surface area contributed by atoms with E-state index in [0.717, 1.165) is 12.1 Å². The molecule has 1 aromatic heterocycles. The fraction of sp³-hybridized carbons (Fsp3) is 0.455. The molecule has 0 amide bonds. The lowest BCUT2D eigenvalue weighted by atomic mass is 10.2. The number of nitriles is 1. The first kappa shape index (κ1) is 13.3. The first-order chi connectivity index (χ1) is 7.84. The Hall–Kier alpha value is -1.77. The smallest absolute Gasteiger partial charge is 0.433 e. The molecule has 0 atom stereocenters. The summed E-state index contributed by atoms with van der Waals surface area (Å²) in [6.45, 7) is 3.91. The second-order valence-corrected chi connectivity index (χ2v) is 3.86. The monoisotopic (exact) mass is 244 g/mol. The summed E-state index contributed by atoms with van der Waals surface area (Å²) in [4.78, 5) is 3.32. The zero-order valence-corrected chi connectivity index (χ0v) is 9.38. The molecule has 1 heterocycles. The van der Waals surface area contributed by atoms with E-state index in [9.17, 15) is 13.2 Å². The van der Waals surface area contributed by atoms with E-state index in [1.54, 1.807) is 6.07 Å². The van der Waals surface area contributed by atoms with Crippen molar-refractivity contribution in [1.29, 1.82) is 5.26 Å². The summed E-state index contributed by atoms with van der Waals surface area (Å²) in [5, 5.41) is 8.73. The van der Waals surface area contributed by atoms with Crippen LogP contribution >= 0.6 is 0 Å². The minimum absolute atomic E-state index is 0.00125. The number of alkyl halides is 3. The van der Waals surface area contributed by atoms with Crippen LogP contribution in [0.1, 0.15) is 25.1 Å². The molecule has 92 valence electrons. The van der Waals surface area contributed by atoms with Crippen molar-refractivity contribution in [1.82, 2.24) is 4.98 Å². The van der Waals surface area contributed by atoms with Gasteiger partial charge < -0.3 is 4.74 Å². The minimum Gasteiger partial charge on any atom is -0.476 e. The molecule has 17 heavy (non-hydrogen) atoms. The summed E-state index contributed by atoms with van der Waals surface area (Å²) < 4.78 is 42.3. The van der Waals surface area contributed by atoms with Gasteiger partial charge >= 0.3 is 6.18 Å². The highest BCUT2D eigenvalue weighted by Gasteiger charge is 2.33. The van der Waals surface area contributed by atoms with Crippen molar-refractivity contribution in [3.8, 4) is 11.9 Å². The van der Waals surface area contributed by atoms with Gasteiger partial charge in [0.1, 0.15) is 17.3 Å². The molecular formula is C11H11F3N2O. The summed E-state index contributed by atoms with van der Waals surface area (Å²) in [5.74, 6) is -0.131. The van der Waals surface area contributed by atoms with Crippen molar-refractivity contribution in [2.45, 2.75) is 20.0 Å². The van der Waals surface area contributed by atoms with Gasteiger partial charge in [-0.3, -0.25) is 0 Å². The zero-order valence-electron chi connectivity index (χ0n) is 9.38. The number of halogens is 3. The number of pyridine rings is 1. The van der Waals surface area contributed by atoms with Gasteiger partial charge in [-0.2, -0.15) is 18.4 Å². The van der Waals surface area contributed by atoms with Crippen LogP contribution in [0.5, 0.6) is 5.88 Å². The van der Waals surface area contributed by atoms with Crippen LogP contribution in [-0.2, 0) is 6.18 Å². The topological polar surface area (TPSA) is 45.9 Å². The molecule has 1 aromatic rings. The van der Waals surface area contributed by atoms with Crippen LogP contribution in [0.3, 0.4) is 0 Å². The van der Waals surface area contributed by atoms with Crippen molar-refractivity contribution in [2.24, 2.45) is 5.92 Å². The van der Waals surface area contributed by atoms with Gasteiger partial charge in [-0.15, -0.1) is 0 Å². The third-order valence-electron chi connectivity index (χ3n) is 1.82. The van der Waals surface area contributed by atoms with Crippen LogP contribution in [-0.4, -0.2) is 11.6 Å². The Balaban J connectivity index is 3.04. The molecule has 0 spiro atoms. The van der Waals surface area contributed by atoms with E-state index >= 15 is 0 Å². The predicted molar refractivity (Wildman–Crippen MR) is 54.3 cm³/mol. The van der Waals surface area contributed by atoms with Crippen LogP contribution in [0.25, 0.3) is 0 Å². The van der Waals surface area contributed by atoms with Gasteiger partial charge in [-0.05, 0) is 18.1 Å². The largest absolute Gasteiger partial charge is 0.476 e. The number of hydrogen-bond acceptors (Lipinski definition) is 3. The molecule has 0 aliphatic heterocycles. The van der Waals surface area contributed by atoms with E-state index in [4.69, 9.17) is 10.00 Å². The van der Waals surface area contributed by atoms with Crippen LogP contribution in [0.4, 0.5) is 13.2 Å². The molecule has 0 saturated carbocycles. The average Bonchev–Trinajstić information content (AvgIpc) is 2.24. The molecule has 0 radical (unpaired) electrons. The summed E-state index contributed by atoms with van der Waals surface area (Å²) in [7, 11) is 0. The summed E-state index contributed by atoms with van der Waals surface area (Å²) in [6.07, 6.45) is -4.54. The van der Waals surface area contributed by atoms with Crippen molar-refractivity contribution < 1.29 is 17.9 Å². The Bertz CT molecular complexity index is 435. The molecule has 0 N–H and O–H groups in total. The fourth-order valence-electron chi connectivity index (χ4n) is 1.04. The van der Waals surface area contributed by atoms with Gasteiger partial charge in [0.05, 0.1) is 6.61 Å². The van der Waals surface area contributed by atoms with E-state index in [1.165, 1.54) is 0 Å². The number of rotatable bonds is 3. The first-order valence-corrected chi connectivity index (χ1v) is 4.95. The van der Waals surface area contributed by atoms with Crippen LogP contribution in [0.15, 0.2) is 12.1 Å². The predicted octanol–water partition coefficient (Wildman–Crippen LogP) is 3.01. The third kappa shape index (κ3) is 3.63. The summed E-state index contributed by atoms with van der Waals surface area (Å²) in [6, 6.07) is 3.57. The van der Waals surface area contributed by atoms with Crippen molar-refractivity contribution >= 4 is 0 Å². The van der Waals surface area contributed by atoms with Crippen LogP contribution in [0.2, 0.25) is 0 Å². The molecule has 1 rings (SSSR count). The van der Waals surface area contributed by atoms with Crippen LogP contribution in [0, 0.1) is 17.2 Å². The maximum absolute atomic E-state index is 12.4. The second kappa shape index (κ2) is 5.04. The van der Waals surface area contributed by atoms with E-state index in [0.29, 0.717) is 0 Å². The average molecular weight is 244 g/mol. The molecule has 3 nitrogen and oxygen atoms in total. The Morgan fingerprint density at radius 2 is 2.06 bits per heavy atom. The number of aromatic nitrogens is 1.